The number of hydrogen-bond donors (Lipinski definition) is 0. The molecule has 0 amide bonds. The minimum Gasteiger partial charge on any atom is -0.324 e. The van der Waals surface area contributed by atoms with Crippen molar-refractivity contribution in [3.05, 3.63) is 28.5 Å². The molecule has 1 fully saturated rings. The van der Waals surface area contributed by atoms with Crippen molar-refractivity contribution in [2.45, 2.75) is 12.2 Å². The van der Waals surface area contributed by atoms with Crippen molar-refractivity contribution in [2.75, 3.05) is 19.3 Å². The maximum absolute atomic E-state index is 13.2. The maximum atomic E-state index is 13.2. The number of alkyl halides is 3. The van der Waals surface area contributed by atoms with E-state index in [4.69, 9.17) is 0 Å². The van der Waals surface area contributed by atoms with Crippen molar-refractivity contribution in [1.82, 2.24) is 13.9 Å². The van der Waals surface area contributed by atoms with Gasteiger partial charge in [0, 0.05) is 17.6 Å². The molecule has 0 atom stereocenters. The van der Waals surface area contributed by atoms with Crippen LogP contribution < -0.4 is 0 Å². The van der Waals surface area contributed by atoms with Crippen molar-refractivity contribution < 1.29 is 21.6 Å². The average molecular weight is 398 g/mol. The van der Waals surface area contributed by atoms with Gasteiger partial charge in [-0.2, -0.15) is 17.5 Å². The predicted octanol–water partition coefficient (Wildman–Crippen LogP) is 2.63. The first-order chi connectivity index (χ1) is 10.1. The largest absolute Gasteiger partial charge is 0.418 e. The molecule has 5 nitrogen and oxygen atoms in total. The molecule has 120 valence electrons. The van der Waals surface area contributed by atoms with Gasteiger partial charge in [-0.05, 0) is 12.1 Å². The summed E-state index contributed by atoms with van der Waals surface area (Å²) in [5.74, 6) is 0. The summed E-state index contributed by atoms with van der Waals surface area (Å²) in [7, 11) is -3.32. The van der Waals surface area contributed by atoms with Crippen molar-refractivity contribution in [3.63, 3.8) is 0 Å². The molecule has 0 saturated carbocycles. The molecule has 0 radical (unpaired) electrons. The predicted molar refractivity (Wildman–Crippen MR) is 77.9 cm³/mol. The van der Waals surface area contributed by atoms with Gasteiger partial charge in [-0.25, -0.2) is 13.4 Å². The zero-order chi connectivity index (χ0) is 16.3. The minimum atomic E-state index is -4.51. The Morgan fingerprint density at radius 3 is 2.50 bits per heavy atom. The van der Waals surface area contributed by atoms with Gasteiger partial charge in [0.05, 0.1) is 35.2 Å². The number of benzene rings is 1. The van der Waals surface area contributed by atoms with Crippen LogP contribution in [0.2, 0.25) is 0 Å². The van der Waals surface area contributed by atoms with Crippen LogP contribution in [0.1, 0.15) is 11.6 Å². The molecule has 1 aromatic carbocycles. The molecule has 0 unspecified atom stereocenters. The van der Waals surface area contributed by atoms with E-state index in [-0.39, 0.29) is 30.2 Å². The quantitative estimate of drug-likeness (QED) is 0.782. The molecule has 2 aromatic rings. The fraction of sp³-hybridized carbons (Fsp3) is 0.417. The molecule has 3 rings (SSSR count). The van der Waals surface area contributed by atoms with Crippen LogP contribution in [0.15, 0.2) is 22.9 Å². The molecule has 1 aliphatic rings. The number of aromatic nitrogens is 2. The number of rotatable bonds is 2. The van der Waals surface area contributed by atoms with Gasteiger partial charge in [0.15, 0.2) is 0 Å². The van der Waals surface area contributed by atoms with Crippen LogP contribution in [0.4, 0.5) is 13.2 Å². The monoisotopic (exact) mass is 397 g/mol. The molecule has 2 heterocycles. The van der Waals surface area contributed by atoms with Crippen LogP contribution in [0, 0.1) is 0 Å². The fourth-order valence-electron chi connectivity index (χ4n) is 2.49. The first-order valence-electron chi connectivity index (χ1n) is 6.26. The Bertz CT molecular complexity index is 841. The topological polar surface area (TPSA) is 55.2 Å². The standard InChI is InChI=1S/C12H11BrF3N3O2S/c1-22(20,21)18-4-8(5-18)19-6-17-10-3-7(13)2-9(11(10)19)12(14,15)16/h2-3,6,8H,4-5H2,1H3. The second-order valence-corrected chi connectivity index (χ2v) is 8.10. The molecule has 1 aliphatic heterocycles. The summed E-state index contributed by atoms with van der Waals surface area (Å²) >= 11 is 3.05. The Labute approximate surface area is 132 Å². The Balaban J connectivity index is 2.06. The Kier molecular flexibility index (Phi) is 3.53. The number of halogens is 4. The normalized spacial score (nSPS) is 17.9. The van der Waals surface area contributed by atoms with E-state index < -0.39 is 21.8 Å². The molecular weight excluding hydrogens is 387 g/mol. The lowest BCUT2D eigenvalue weighted by Gasteiger charge is -2.38. The molecular formula is C12H11BrF3N3O2S. The van der Waals surface area contributed by atoms with E-state index in [9.17, 15) is 21.6 Å². The summed E-state index contributed by atoms with van der Waals surface area (Å²) in [4.78, 5) is 4.01. The highest BCUT2D eigenvalue weighted by atomic mass is 79.9. The second-order valence-electron chi connectivity index (χ2n) is 5.20. The lowest BCUT2D eigenvalue weighted by atomic mass is 10.1. The first-order valence-corrected chi connectivity index (χ1v) is 8.90. The summed E-state index contributed by atoms with van der Waals surface area (Å²) in [6.45, 7) is 0.301. The molecule has 0 bridgehead atoms. The van der Waals surface area contributed by atoms with E-state index in [1.165, 1.54) is 21.3 Å². The molecule has 0 aliphatic carbocycles. The summed E-state index contributed by atoms with van der Waals surface area (Å²) in [5.41, 5.74) is -0.583. The van der Waals surface area contributed by atoms with Gasteiger partial charge >= 0.3 is 6.18 Å². The summed E-state index contributed by atoms with van der Waals surface area (Å²) in [6.07, 6.45) is -2.11. The summed E-state index contributed by atoms with van der Waals surface area (Å²) < 4.78 is 65.4. The molecule has 1 saturated heterocycles. The third-order valence-electron chi connectivity index (χ3n) is 3.63. The first kappa shape index (κ1) is 15.8. The number of hydrogen-bond acceptors (Lipinski definition) is 3. The SMILES string of the molecule is CS(=O)(=O)N1CC(n2cnc3cc(Br)cc(C(F)(F)F)c32)C1. The minimum absolute atomic E-state index is 0.0196. The molecule has 0 spiro atoms. The second kappa shape index (κ2) is 4.93. The molecule has 0 N–H and O–H groups in total. The summed E-state index contributed by atoms with van der Waals surface area (Å²) in [5, 5.41) is 0. The van der Waals surface area contributed by atoms with Crippen LogP contribution in [0.25, 0.3) is 11.0 Å². The van der Waals surface area contributed by atoms with Crippen molar-refractivity contribution >= 4 is 37.0 Å². The number of imidazole rings is 1. The fourth-order valence-corrected chi connectivity index (χ4v) is 3.82. The molecule has 1 aromatic heterocycles. The number of nitrogens with zero attached hydrogens (tertiary/aromatic N) is 3. The zero-order valence-electron chi connectivity index (χ0n) is 11.3. The van der Waals surface area contributed by atoms with E-state index in [0.717, 1.165) is 12.3 Å². The zero-order valence-corrected chi connectivity index (χ0v) is 13.7. The van der Waals surface area contributed by atoms with Crippen LogP contribution in [0.5, 0.6) is 0 Å². The van der Waals surface area contributed by atoms with Gasteiger partial charge in [-0.15, -0.1) is 0 Å². The highest BCUT2D eigenvalue weighted by molar-refractivity contribution is 9.10. The van der Waals surface area contributed by atoms with Gasteiger partial charge in [0.1, 0.15) is 0 Å². The van der Waals surface area contributed by atoms with Crippen LogP contribution >= 0.6 is 15.9 Å². The Morgan fingerprint density at radius 1 is 1.32 bits per heavy atom. The summed E-state index contributed by atoms with van der Waals surface area (Å²) in [6, 6.07) is 2.17. The Morgan fingerprint density at radius 2 is 1.95 bits per heavy atom. The van der Waals surface area contributed by atoms with E-state index in [1.807, 2.05) is 0 Å². The highest BCUT2D eigenvalue weighted by Gasteiger charge is 2.39. The van der Waals surface area contributed by atoms with E-state index >= 15 is 0 Å². The lowest BCUT2D eigenvalue weighted by Crippen LogP contribution is -2.50. The van der Waals surface area contributed by atoms with E-state index in [2.05, 4.69) is 20.9 Å². The molecule has 10 heteroatoms. The van der Waals surface area contributed by atoms with E-state index in [0.29, 0.717) is 4.47 Å². The number of sulfonamides is 1. The Hall–Kier alpha value is -1.13. The smallest absolute Gasteiger partial charge is 0.324 e. The van der Waals surface area contributed by atoms with Crippen molar-refractivity contribution in [2.24, 2.45) is 0 Å². The van der Waals surface area contributed by atoms with E-state index in [1.54, 1.807) is 0 Å². The number of fused-ring (bicyclic) bond motifs is 1. The van der Waals surface area contributed by atoms with Gasteiger partial charge in [-0.3, -0.25) is 0 Å². The highest BCUT2D eigenvalue weighted by Crippen LogP contribution is 2.38. The van der Waals surface area contributed by atoms with Crippen LogP contribution in [-0.2, 0) is 16.2 Å². The van der Waals surface area contributed by atoms with Crippen molar-refractivity contribution in [3.8, 4) is 0 Å². The van der Waals surface area contributed by atoms with Gasteiger partial charge in [0.25, 0.3) is 0 Å². The maximum Gasteiger partial charge on any atom is 0.418 e. The van der Waals surface area contributed by atoms with Crippen molar-refractivity contribution in [1.29, 1.82) is 0 Å². The average Bonchev–Trinajstić information content (AvgIpc) is 2.66. The molecule has 22 heavy (non-hydrogen) atoms. The van der Waals surface area contributed by atoms with Gasteiger partial charge < -0.3 is 4.57 Å². The lowest BCUT2D eigenvalue weighted by molar-refractivity contribution is -0.136. The van der Waals surface area contributed by atoms with Gasteiger partial charge in [0.2, 0.25) is 10.0 Å². The third kappa shape index (κ3) is 2.63. The third-order valence-corrected chi connectivity index (χ3v) is 5.32. The van der Waals surface area contributed by atoms with Gasteiger partial charge in [-0.1, -0.05) is 15.9 Å². The van der Waals surface area contributed by atoms with Crippen LogP contribution in [-0.4, -0.2) is 41.6 Å². The van der Waals surface area contributed by atoms with Crippen LogP contribution in [0.3, 0.4) is 0 Å².